The van der Waals surface area contributed by atoms with Crippen molar-refractivity contribution in [3.8, 4) is 0 Å². The molecule has 1 unspecified atom stereocenters. The normalized spacial score (nSPS) is 15.1. The second-order valence-corrected chi connectivity index (χ2v) is 5.90. The highest BCUT2D eigenvalue weighted by atomic mass is 35.5. The maximum atomic E-state index is 11.5. The molecule has 0 aromatic carbocycles. The van der Waals surface area contributed by atoms with E-state index in [1.54, 1.807) is 7.05 Å². The van der Waals surface area contributed by atoms with Crippen molar-refractivity contribution >= 4 is 21.8 Å². The van der Waals surface area contributed by atoms with Crippen LogP contribution in [0.3, 0.4) is 0 Å². The van der Waals surface area contributed by atoms with Crippen molar-refractivity contribution in [3.63, 3.8) is 0 Å². The summed E-state index contributed by atoms with van der Waals surface area (Å²) < 4.78 is 26.8. The van der Waals surface area contributed by atoms with E-state index >= 15 is 0 Å². The molecule has 0 aliphatic heterocycles. The molecule has 0 fully saturated rings. The van der Waals surface area contributed by atoms with E-state index < -0.39 is 10.2 Å². The average Bonchev–Trinajstić information content (AvgIpc) is 2.12. The molecule has 0 saturated heterocycles. The van der Waals surface area contributed by atoms with Crippen LogP contribution >= 0.6 is 11.6 Å². The predicted octanol–water partition coefficient (Wildman–Crippen LogP) is 1.18. The molecule has 4 nitrogen and oxygen atoms in total. The lowest BCUT2D eigenvalue weighted by atomic mass is 10.3. The highest BCUT2D eigenvalue weighted by Crippen LogP contribution is 2.03. The van der Waals surface area contributed by atoms with Crippen LogP contribution in [0.5, 0.6) is 0 Å². The van der Waals surface area contributed by atoms with E-state index in [0.29, 0.717) is 0 Å². The van der Waals surface area contributed by atoms with Gasteiger partial charge in [0.15, 0.2) is 0 Å². The Hall–Kier alpha value is 0.160. The van der Waals surface area contributed by atoms with Gasteiger partial charge in [0.25, 0.3) is 10.2 Å². The lowest BCUT2D eigenvalue weighted by Gasteiger charge is -2.21. The molecule has 0 heterocycles. The molecule has 0 spiro atoms. The fourth-order valence-corrected chi connectivity index (χ4v) is 2.06. The maximum absolute atomic E-state index is 11.5. The summed E-state index contributed by atoms with van der Waals surface area (Å²) in [7, 11) is -1.82. The highest BCUT2D eigenvalue weighted by Gasteiger charge is 2.20. The maximum Gasteiger partial charge on any atom is 0.279 e. The molecule has 0 radical (unpaired) electrons. The van der Waals surface area contributed by atoms with Crippen molar-refractivity contribution in [2.45, 2.75) is 38.6 Å². The third-order valence-electron chi connectivity index (χ3n) is 2.04. The van der Waals surface area contributed by atoms with Crippen molar-refractivity contribution in [1.82, 2.24) is 9.03 Å². The van der Waals surface area contributed by atoms with E-state index in [1.165, 1.54) is 4.31 Å². The summed E-state index contributed by atoms with van der Waals surface area (Å²) in [6.45, 7) is 5.82. The minimum Gasteiger partial charge on any atom is -0.201 e. The Morgan fingerprint density at radius 2 is 1.93 bits per heavy atom. The third-order valence-corrected chi connectivity index (χ3v) is 4.21. The molecule has 0 bridgehead atoms. The summed E-state index contributed by atoms with van der Waals surface area (Å²) in [5, 5.41) is -0.148. The van der Waals surface area contributed by atoms with Gasteiger partial charge in [0, 0.05) is 25.0 Å². The molecule has 0 amide bonds. The number of hydrogen-bond donors (Lipinski definition) is 1. The SMILES string of the molecule is CCC(Cl)CNS(=O)(=O)N(C)C(C)C. The van der Waals surface area contributed by atoms with Crippen LogP contribution in [0, 0.1) is 0 Å². The molecule has 0 rings (SSSR count). The Kier molecular flexibility index (Phi) is 5.97. The molecule has 0 aromatic heterocycles. The zero-order chi connectivity index (χ0) is 11.4. The van der Waals surface area contributed by atoms with Gasteiger partial charge in [-0.2, -0.15) is 12.7 Å². The first-order valence-corrected chi connectivity index (χ1v) is 6.55. The minimum absolute atomic E-state index is 0.0529. The molecular weight excluding hydrogens is 224 g/mol. The predicted molar refractivity (Wildman–Crippen MR) is 59.8 cm³/mol. The van der Waals surface area contributed by atoms with E-state index in [4.69, 9.17) is 11.6 Å². The van der Waals surface area contributed by atoms with E-state index in [0.717, 1.165) is 6.42 Å². The van der Waals surface area contributed by atoms with E-state index in [9.17, 15) is 8.42 Å². The van der Waals surface area contributed by atoms with Crippen LogP contribution in [0.2, 0.25) is 0 Å². The van der Waals surface area contributed by atoms with Crippen molar-refractivity contribution in [2.24, 2.45) is 0 Å². The fourth-order valence-electron chi connectivity index (χ4n) is 0.719. The topological polar surface area (TPSA) is 49.4 Å². The van der Waals surface area contributed by atoms with Gasteiger partial charge in [0.1, 0.15) is 0 Å². The second-order valence-electron chi connectivity index (χ2n) is 3.47. The molecule has 1 N–H and O–H groups in total. The highest BCUT2D eigenvalue weighted by molar-refractivity contribution is 7.87. The summed E-state index contributed by atoms with van der Waals surface area (Å²) >= 11 is 5.81. The molecule has 0 saturated carbocycles. The van der Waals surface area contributed by atoms with Gasteiger partial charge in [-0.3, -0.25) is 0 Å². The van der Waals surface area contributed by atoms with Gasteiger partial charge in [-0.15, -0.1) is 11.6 Å². The molecule has 86 valence electrons. The number of nitrogens with one attached hydrogen (secondary N) is 1. The first-order valence-electron chi connectivity index (χ1n) is 4.68. The van der Waals surface area contributed by atoms with Crippen LogP contribution in [0.4, 0.5) is 0 Å². The monoisotopic (exact) mass is 242 g/mol. The molecule has 14 heavy (non-hydrogen) atoms. The van der Waals surface area contributed by atoms with Crippen molar-refractivity contribution in [1.29, 1.82) is 0 Å². The quantitative estimate of drug-likeness (QED) is 0.711. The molecule has 0 aliphatic carbocycles. The summed E-state index contributed by atoms with van der Waals surface area (Å²) in [6.07, 6.45) is 0.746. The van der Waals surface area contributed by atoms with Gasteiger partial charge in [-0.25, -0.2) is 4.72 Å². The number of alkyl halides is 1. The number of halogens is 1. The van der Waals surface area contributed by atoms with Crippen LogP contribution in [-0.2, 0) is 10.2 Å². The van der Waals surface area contributed by atoms with Gasteiger partial charge >= 0.3 is 0 Å². The zero-order valence-electron chi connectivity index (χ0n) is 9.12. The van der Waals surface area contributed by atoms with E-state index in [-0.39, 0.29) is 18.0 Å². The standard InChI is InChI=1S/C8H19ClN2O2S/c1-5-8(9)6-10-14(12,13)11(4)7(2)3/h7-8,10H,5-6H2,1-4H3. The van der Waals surface area contributed by atoms with E-state index in [2.05, 4.69) is 4.72 Å². The van der Waals surface area contributed by atoms with Crippen molar-refractivity contribution in [3.05, 3.63) is 0 Å². The second kappa shape index (κ2) is 5.90. The lowest BCUT2D eigenvalue weighted by molar-refractivity contribution is 0.402. The first-order chi connectivity index (χ1) is 6.31. The summed E-state index contributed by atoms with van der Waals surface area (Å²) in [5.74, 6) is 0. The van der Waals surface area contributed by atoms with Gasteiger partial charge in [0.05, 0.1) is 0 Å². The number of hydrogen-bond acceptors (Lipinski definition) is 2. The van der Waals surface area contributed by atoms with Crippen LogP contribution in [0.1, 0.15) is 27.2 Å². The smallest absolute Gasteiger partial charge is 0.201 e. The molecule has 6 heteroatoms. The largest absolute Gasteiger partial charge is 0.279 e. The van der Waals surface area contributed by atoms with Crippen molar-refractivity contribution < 1.29 is 8.42 Å². The Balaban J connectivity index is 4.22. The molecular formula is C8H19ClN2O2S. The van der Waals surface area contributed by atoms with Crippen LogP contribution < -0.4 is 4.72 Å². The Labute approximate surface area is 91.8 Å². The Morgan fingerprint density at radius 1 is 1.43 bits per heavy atom. The van der Waals surface area contributed by atoms with Crippen LogP contribution in [0.15, 0.2) is 0 Å². The summed E-state index contributed by atoms with van der Waals surface area (Å²) in [6, 6.07) is -0.0529. The third kappa shape index (κ3) is 4.59. The lowest BCUT2D eigenvalue weighted by Crippen LogP contribution is -2.43. The average molecular weight is 243 g/mol. The van der Waals surface area contributed by atoms with Crippen LogP contribution in [0.25, 0.3) is 0 Å². The van der Waals surface area contributed by atoms with E-state index in [1.807, 2.05) is 20.8 Å². The molecule has 0 aliphatic rings. The zero-order valence-corrected chi connectivity index (χ0v) is 10.7. The van der Waals surface area contributed by atoms with Crippen LogP contribution in [-0.4, -0.2) is 37.7 Å². The first kappa shape index (κ1) is 14.2. The Bertz CT molecular complexity index is 254. The number of rotatable bonds is 6. The minimum atomic E-state index is -3.37. The molecule has 0 aromatic rings. The van der Waals surface area contributed by atoms with Gasteiger partial charge in [-0.1, -0.05) is 6.92 Å². The Morgan fingerprint density at radius 3 is 2.29 bits per heavy atom. The summed E-state index contributed by atoms with van der Waals surface area (Å²) in [5.41, 5.74) is 0. The van der Waals surface area contributed by atoms with Crippen molar-refractivity contribution in [2.75, 3.05) is 13.6 Å². The summed E-state index contributed by atoms with van der Waals surface area (Å²) in [4.78, 5) is 0. The fraction of sp³-hybridized carbons (Fsp3) is 1.00. The van der Waals surface area contributed by atoms with Gasteiger partial charge in [0.2, 0.25) is 0 Å². The van der Waals surface area contributed by atoms with Gasteiger partial charge in [-0.05, 0) is 20.3 Å². The number of nitrogens with zero attached hydrogens (tertiary/aromatic N) is 1. The molecule has 1 atom stereocenters. The van der Waals surface area contributed by atoms with Gasteiger partial charge < -0.3 is 0 Å².